The molecule has 9 heteroatoms. The van der Waals surface area contributed by atoms with Crippen LogP contribution in [0, 0.1) is 0 Å². The van der Waals surface area contributed by atoms with Gasteiger partial charge in [-0.2, -0.15) is 0 Å². The van der Waals surface area contributed by atoms with Crippen molar-refractivity contribution in [1.82, 2.24) is 16.0 Å². The van der Waals surface area contributed by atoms with Crippen LogP contribution in [0.25, 0.3) is 0 Å². The van der Waals surface area contributed by atoms with Gasteiger partial charge in [0.1, 0.15) is 5.50 Å². The number of hydrogen-bond acceptors (Lipinski definition) is 5. The molecule has 0 aromatic heterocycles. The summed E-state index contributed by atoms with van der Waals surface area (Å²) >= 11 is 7.10. The van der Waals surface area contributed by atoms with E-state index in [1.807, 2.05) is 30.3 Å². The van der Waals surface area contributed by atoms with Crippen molar-refractivity contribution in [3.8, 4) is 0 Å². The lowest BCUT2D eigenvalue weighted by Gasteiger charge is -2.30. The molecule has 0 radical (unpaired) electrons. The van der Waals surface area contributed by atoms with Crippen LogP contribution >= 0.6 is 23.4 Å². The fourth-order valence-corrected chi connectivity index (χ4v) is 4.16. The number of hydrogen-bond donors (Lipinski definition) is 4. The molecule has 2 atom stereocenters. The van der Waals surface area contributed by atoms with E-state index in [0.717, 1.165) is 12.0 Å². The first kappa shape index (κ1) is 23.1. The number of amides is 3. The highest BCUT2D eigenvalue weighted by Crippen LogP contribution is 2.16. The van der Waals surface area contributed by atoms with Crippen LogP contribution in [0.5, 0.6) is 0 Å². The van der Waals surface area contributed by atoms with Crippen molar-refractivity contribution in [2.75, 3.05) is 17.6 Å². The zero-order valence-corrected chi connectivity index (χ0v) is 18.5. The van der Waals surface area contributed by atoms with Crippen LogP contribution in [0.15, 0.2) is 54.6 Å². The molecule has 0 aliphatic carbocycles. The van der Waals surface area contributed by atoms with E-state index in [4.69, 9.17) is 11.6 Å². The lowest BCUT2D eigenvalue weighted by Crippen LogP contribution is -2.56. The second-order valence-electron chi connectivity index (χ2n) is 7.17. The number of carbonyl (C=O) groups excluding carboxylic acids is 3. The Hall–Kier alpha value is -2.55. The van der Waals surface area contributed by atoms with Gasteiger partial charge >= 0.3 is 0 Å². The molecule has 2 aromatic rings. The molecule has 1 heterocycles. The summed E-state index contributed by atoms with van der Waals surface area (Å²) in [5.74, 6) is -0.288. The first-order valence-corrected chi connectivity index (χ1v) is 11.4. The second kappa shape index (κ2) is 11.7. The molecule has 1 saturated heterocycles. The quantitative estimate of drug-likeness (QED) is 0.461. The van der Waals surface area contributed by atoms with Crippen molar-refractivity contribution >= 4 is 46.8 Å². The summed E-state index contributed by atoms with van der Waals surface area (Å²) in [4.78, 5) is 36.4. The van der Waals surface area contributed by atoms with Gasteiger partial charge in [-0.1, -0.05) is 41.9 Å². The molecule has 1 aliphatic rings. The molecule has 0 saturated carbocycles. The molecular formula is C22H25ClN4O3S. The molecule has 164 valence electrons. The number of anilines is 1. The Bertz CT molecular complexity index is 895. The minimum atomic E-state index is -0.431. The van der Waals surface area contributed by atoms with Crippen LogP contribution in [0.4, 0.5) is 5.69 Å². The van der Waals surface area contributed by atoms with Gasteiger partial charge in [-0.15, -0.1) is 11.8 Å². The van der Waals surface area contributed by atoms with Crippen molar-refractivity contribution in [2.24, 2.45) is 0 Å². The highest BCUT2D eigenvalue weighted by atomic mass is 35.5. The van der Waals surface area contributed by atoms with E-state index in [2.05, 4.69) is 21.3 Å². The molecule has 1 aliphatic heterocycles. The van der Waals surface area contributed by atoms with Gasteiger partial charge < -0.3 is 16.0 Å². The summed E-state index contributed by atoms with van der Waals surface area (Å²) in [6.45, 7) is 0.546. The van der Waals surface area contributed by atoms with E-state index < -0.39 is 5.50 Å². The normalized spacial score (nSPS) is 18.2. The molecular weight excluding hydrogens is 436 g/mol. The van der Waals surface area contributed by atoms with Gasteiger partial charge in [-0.3, -0.25) is 19.7 Å². The van der Waals surface area contributed by atoms with Gasteiger partial charge in [0.05, 0.1) is 5.75 Å². The molecule has 0 bridgehead atoms. The minimum absolute atomic E-state index is 0.104. The van der Waals surface area contributed by atoms with Crippen molar-refractivity contribution in [3.63, 3.8) is 0 Å². The van der Waals surface area contributed by atoms with Gasteiger partial charge in [-0.25, -0.2) is 0 Å². The maximum Gasteiger partial charge on any atom is 0.234 e. The number of thioether (sulfide) groups is 1. The molecule has 1 fully saturated rings. The van der Waals surface area contributed by atoms with Crippen LogP contribution in [-0.4, -0.2) is 41.6 Å². The number of benzene rings is 2. The van der Waals surface area contributed by atoms with Gasteiger partial charge in [0.25, 0.3) is 0 Å². The van der Waals surface area contributed by atoms with Gasteiger partial charge in [0.2, 0.25) is 17.7 Å². The van der Waals surface area contributed by atoms with Crippen LogP contribution in [0.2, 0.25) is 5.02 Å². The summed E-state index contributed by atoms with van der Waals surface area (Å²) in [7, 11) is 0. The van der Waals surface area contributed by atoms with E-state index in [0.29, 0.717) is 17.3 Å². The molecule has 2 aromatic carbocycles. The fraction of sp³-hybridized carbons (Fsp3) is 0.318. The molecule has 2 unspecified atom stereocenters. The average Bonchev–Trinajstić information content (AvgIpc) is 2.74. The topological polar surface area (TPSA) is 99.3 Å². The standard InChI is InChI=1S/C22H25ClN4O3S/c23-16-6-8-17(9-7-16)25-21(30)14-31-22-26-18(13-20(29)27-22)12-19(28)24-11-10-15-4-2-1-3-5-15/h1-9,18,22,26H,10-14H2,(H,24,28)(H,25,30)(H,27,29). The van der Waals surface area contributed by atoms with E-state index in [1.165, 1.54) is 11.8 Å². The van der Waals surface area contributed by atoms with E-state index in [-0.39, 0.29) is 42.4 Å². The van der Waals surface area contributed by atoms with Crippen molar-refractivity contribution < 1.29 is 14.4 Å². The maximum atomic E-state index is 12.2. The summed E-state index contributed by atoms with van der Waals surface area (Å²) in [6.07, 6.45) is 1.18. The monoisotopic (exact) mass is 460 g/mol. The SMILES string of the molecule is O=C(CC1CC(=O)NC(SCC(=O)Nc2ccc(Cl)cc2)N1)NCCc1ccccc1. The highest BCUT2D eigenvalue weighted by molar-refractivity contribution is 8.00. The van der Waals surface area contributed by atoms with E-state index in [1.54, 1.807) is 24.3 Å². The van der Waals surface area contributed by atoms with E-state index >= 15 is 0 Å². The number of nitrogens with one attached hydrogen (secondary N) is 4. The highest BCUT2D eigenvalue weighted by Gasteiger charge is 2.28. The van der Waals surface area contributed by atoms with Crippen molar-refractivity contribution in [2.45, 2.75) is 30.8 Å². The Morgan fingerprint density at radius 3 is 2.55 bits per heavy atom. The molecule has 3 rings (SSSR count). The predicted octanol–water partition coefficient (Wildman–Crippen LogP) is 2.52. The Labute approximate surface area is 190 Å². The zero-order chi connectivity index (χ0) is 22.1. The molecule has 3 amide bonds. The van der Waals surface area contributed by atoms with Crippen molar-refractivity contribution in [1.29, 1.82) is 0 Å². The van der Waals surface area contributed by atoms with Gasteiger partial charge in [0.15, 0.2) is 0 Å². The van der Waals surface area contributed by atoms with Crippen molar-refractivity contribution in [3.05, 3.63) is 65.2 Å². The van der Waals surface area contributed by atoms with Crippen LogP contribution < -0.4 is 21.3 Å². The van der Waals surface area contributed by atoms with Gasteiger partial charge in [0, 0.05) is 36.1 Å². The predicted molar refractivity (Wildman–Crippen MR) is 124 cm³/mol. The lowest BCUT2D eigenvalue weighted by molar-refractivity contribution is -0.125. The first-order chi connectivity index (χ1) is 15.0. The third-order valence-electron chi connectivity index (χ3n) is 4.63. The molecule has 31 heavy (non-hydrogen) atoms. The third-order valence-corrected chi connectivity index (χ3v) is 5.90. The first-order valence-electron chi connectivity index (χ1n) is 10.0. The summed E-state index contributed by atoms with van der Waals surface area (Å²) in [5.41, 5.74) is 1.38. The van der Waals surface area contributed by atoms with Crippen LogP contribution in [-0.2, 0) is 20.8 Å². The Morgan fingerprint density at radius 1 is 1.06 bits per heavy atom. The van der Waals surface area contributed by atoms with Crippen LogP contribution in [0.1, 0.15) is 18.4 Å². The maximum absolute atomic E-state index is 12.2. The van der Waals surface area contributed by atoms with Gasteiger partial charge in [-0.05, 0) is 36.2 Å². The second-order valence-corrected chi connectivity index (χ2v) is 8.70. The Balaban J connectivity index is 1.38. The number of rotatable bonds is 9. The molecule has 4 N–H and O–H groups in total. The third kappa shape index (κ3) is 8.24. The smallest absolute Gasteiger partial charge is 0.234 e. The lowest BCUT2D eigenvalue weighted by atomic mass is 10.1. The minimum Gasteiger partial charge on any atom is -0.356 e. The Morgan fingerprint density at radius 2 is 1.81 bits per heavy atom. The Kier molecular flexibility index (Phi) is 8.75. The molecule has 7 nitrogen and oxygen atoms in total. The summed E-state index contributed by atoms with van der Waals surface area (Å²) in [6, 6.07) is 16.5. The number of halogens is 1. The number of carbonyl (C=O) groups is 3. The summed E-state index contributed by atoms with van der Waals surface area (Å²) in [5, 5.41) is 12.3. The van der Waals surface area contributed by atoms with E-state index in [9.17, 15) is 14.4 Å². The molecule has 0 spiro atoms. The largest absolute Gasteiger partial charge is 0.356 e. The fourth-order valence-electron chi connectivity index (χ4n) is 3.14. The summed E-state index contributed by atoms with van der Waals surface area (Å²) < 4.78 is 0. The van der Waals surface area contributed by atoms with Crippen LogP contribution in [0.3, 0.4) is 0 Å². The zero-order valence-electron chi connectivity index (χ0n) is 16.9. The average molecular weight is 461 g/mol.